The van der Waals surface area contributed by atoms with Crippen molar-refractivity contribution in [2.45, 2.75) is 25.9 Å². The number of nitrogens with zero attached hydrogens (tertiary/aromatic N) is 3. The van der Waals surface area contributed by atoms with E-state index in [0.29, 0.717) is 23.8 Å². The van der Waals surface area contributed by atoms with E-state index in [1.807, 2.05) is 24.3 Å². The molecule has 0 aliphatic carbocycles. The summed E-state index contributed by atoms with van der Waals surface area (Å²) in [4.78, 5) is 19.2. The number of rotatable bonds is 7. The number of pyridine rings is 1. The van der Waals surface area contributed by atoms with Crippen molar-refractivity contribution < 1.29 is 14.3 Å². The predicted molar refractivity (Wildman–Crippen MR) is 131 cm³/mol. The van der Waals surface area contributed by atoms with Crippen molar-refractivity contribution in [1.82, 2.24) is 10.3 Å². The topological polar surface area (TPSA) is 87.5 Å². The minimum Gasteiger partial charge on any atom is -0.496 e. The summed E-state index contributed by atoms with van der Waals surface area (Å²) >= 11 is 0. The van der Waals surface area contributed by atoms with E-state index in [1.165, 1.54) is 0 Å². The summed E-state index contributed by atoms with van der Waals surface area (Å²) in [5.41, 5.74) is 5.23. The van der Waals surface area contributed by atoms with Crippen molar-refractivity contribution in [3.05, 3.63) is 77.6 Å². The number of amides is 1. The van der Waals surface area contributed by atoms with E-state index in [-0.39, 0.29) is 12.3 Å². The smallest absolute Gasteiger partial charge is 0.226 e. The average molecular weight is 457 g/mol. The van der Waals surface area contributed by atoms with Gasteiger partial charge in [-0.05, 0) is 42.8 Å². The number of aromatic nitrogens is 1. The number of methoxy groups -OCH3 is 1. The molecule has 1 atom stereocenters. The molecule has 3 aromatic rings. The monoisotopic (exact) mass is 456 g/mol. The van der Waals surface area contributed by atoms with Crippen molar-refractivity contribution in [3.8, 4) is 22.9 Å². The van der Waals surface area contributed by atoms with E-state index >= 15 is 0 Å². The van der Waals surface area contributed by atoms with Gasteiger partial charge in [-0.2, -0.15) is 5.26 Å². The molecule has 1 aliphatic rings. The second kappa shape index (κ2) is 10.8. The molecule has 0 unspecified atom stereocenters. The van der Waals surface area contributed by atoms with E-state index in [0.717, 1.165) is 47.9 Å². The third kappa shape index (κ3) is 5.53. The van der Waals surface area contributed by atoms with Gasteiger partial charge in [-0.25, -0.2) is 0 Å². The van der Waals surface area contributed by atoms with Crippen LogP contribution in [-0.2, 0) is 22.5 Å². The van der Waals surface area contributed by atoms with Gasteiger partial charge in [0.2, 0.25) is 5.91 Å². The van der Waals surface area contributed by atoms with Crippen LogP contribution in [0.4, 0.5) is 5.69 Å². The molecule has 1 N–H and O–H groups in total. The van der Waals surface area contributed by atoms with Gasteiger partial charge in [-0.3, -0.25) is 9.78 Å². The quantitative estimate of drug-likeness (QED) is 0.583. The highest BCUT2D eigenvalue weighted by Gasteiger charge is 2.20. The fourth-order valence-electron chi connectivity index (χ4n) is 4.02. The van der Waals surface area contributed by atoms with Crippen molar-refractivity contribution in [1.29, 1.82) is 5.26 Å². The zero-order valence-electron chi connectivity index (χ0n) is 19.5. The van der Waals surface area contributed by atoms with Crippen LogP contribution in [-0.4, -0.2) is 43.8 Å². The predicted octanol–water partition coefficient (Wildman–Crippen LogP) is 3.71. The highest BCUT2D eigenvalue weighted by Crippen LogP contribution is 2.34. The van der Waals surface area contributed by atoms with E-state index in [1.54, 1.807) is 25.4 Å². The van der Waals surface area contributed by atoms with Gasteiger partial charge < -0.3 is 19.7 Å². The number of carbonyl (C=O) groups is 1. The molecular formula is C27H28N4O3. The Morgan fingerprint density at radius 1 is 1.24 bits per heavy atom. The highest BCUT2D eigenvalue weighted by molar-refractivity contribution is 5.78. The second-order valence-corrected chi connectivity index (χ2v) is 8.30. The number of anilines is 1. The summed E-state index contributed by atoms with van der Waals surface area (Å²) in [5.74, 6) is 0.678. The molecule has 4 rings (SSSR count). The molecule has 1 saturated heterocycles. The molecule has 0 saturated carbocycles. The first-order valence-corrected chi connectivity index (χ1v) is 11.3. The minimum atomic E-state index is -0.105. The van der Waals surface area contributed by atoms with Crippen LogP contribution in [0.2, 0.25) is 0 Å². The molecule has 0 radical (unpaired) electrons. The van der Waals surface area contributed by atoms with E-state index in [4.69, 9.17) is 14.7 Å². The minimum absolute atomic E-state index is 0.105. The lowest BCUT2D eigenvalue weighted by atomic mass is 10.0. The third-order valence-electron chi connectivity index (χ3n) is 5.93. The van der Waals surface area contributed by atoms with Gasteiger partial charge in [0.1, 0.15) is 5.75 Å². The Bertz CT molecular complexity index is 1170. The lowest BCUT2D eigenvalue weighted by Crippen LogP contribution is -2.43. The molecule has 1 aromatic heterocycles. The van der Waals surface area contributed by atoms with Crippen molar-refractivity contribution in [2.24, 2.45) is 0 Å². The Balaban J connectivity index is 1.39. The molecule has 1 amide bonds. The van der Waals surface area contributed by atoms with Crippen LogP contribution in [0.1, 0.15) is 23.7 Å². The summed E-state index contributed by atoms with van der Waals surface area (Å²) in [5, 5.41) is 11.8. The van der Waals surface area contributed by atoms with Gasteiger partial charge in [0.05, 0.1) is 38.4 Å². The first kappa shape index (κ1) is 23.3. The van der Waals surface area contributed by atoms with Crippen LogP contribution in [0.5, 0.6) is 5.75 Å². The molecule has 2 heterocycles. The first-order chi connectivity index (χ1) is 16.6. The lowest BCUT2D eigenvalue weighted by molar-refractivity contribution is -0.120. The summed E-state index contributed by atoms with van der Waals surface area (Å²) in [6, 6.07) is 19.6. The van der Waals surface area contributed by atoms with Gasteiger partial charge in [0.25, 0.3) is 0 Å². The zero-order valence-corrected chi connectivity index (χ0v) is 19.5. The van der Waals surface area contributed by atoms with Gasteiger partial charge in [0.15, 0.2) is 0 Å². The van der Waals surface area contributed by atoms with Crippen LogP contribution in [0.25, 0.3) is 11.1 Å². The number of nitrogens with one attached hydrogen (secondary N) is 1. The van der Waals surface area contributed by atoms with E-state index < -0.39 is 0 Å². The normalized spacial score (nSPS) is 15.4. The van der Waals surface area contributed by atoms with Crippen molar-refractivity contribution in [2.75, 3.05) is 31.8 Å². The number of hydrogen-bond acceptors (Lipinski definition) is 6. The molecule has 1 aliphatic heterocycles. The first-order valence-electron chi connectivity index (χ1n) is 11.3. The molecule has 34 heavy (non-hydrogen) atoms. The summed E-state index contributed by atoms with van der Waals surface area (Å²) < 4.78 is 11.2. The van der Waals surface area contributed by atoms with Gasteiger partial charge in [-0.1, -0.05) is 18.2 Å². The number of ether oxygens (including phenoxy) is 2. The van der Waals surface area contributed by atoms with E-state index in [9.17, 15) is 4.79 Å². The number of hydrogen-bond donors (Lipinski definition) is 1. The molecule has 174 valence electrons. The van der Waals surface area contributed by atoms with Crippen molar-refractivity contribution >= 4 is 11.6 Å². The SMILES string of the molecule is COc1cc(N2CCOC[C@@H]2C)ccc1-c1ccc(CC(=O)NCc2ccc(C#N)cc2)nc1. The summed E-state index contributed by atoms with van der Waals surface area (Å²) in [6.45, 7) is 4.86. The molecular weight excluding hydrogens is 428 g/mol. The average Bonchev–Trinajstić information content (AvgIpc) is 2.88. The summed E-state index contributed by atoms with van der Waals surface area (Å²) in [7, 11) is 1.67. The van der Waals surface area contributed by atoms with Crippen LogP contribution in [0.3, 0.4) is 0 Å². The van der Waals surface area contributed by atoms with Crippen LogP contribution < -0.4 is 15.0 Å². The standard InChI is InChI=1S/C27H28N4O3/c1-19-18-34-12-11-31(19)24-9-10-25(26(14-24)33-2)22-7-8-23(29-17-22)13-27(32)30-16-21-5-3-20(15-28)4-6-21/h3-10,14,17,19H,11-13,16,18H2,1-2H3,(H,30,32)/t19-/m0/s1. The molecule has 7 heteroatoms. The van der Waals surface area contributed by atoms with Crippen LogP contribution in [0.15, 0.2) is 60.8 Å². The molecule has 2 aromatic carbocycles. The molecule has 0 spiro atoms. The Labute approximate surface area is 199 Å². The summed E-state index contributed by atoms with van der Waals surface area (Å²) in [6.07, 6.45) is 1.97. The van der Waals surface area contributed by atoms with Gasteiger partial charge in [0, 0.05) is 53.9 Å². The third-order valence-corrected chi connectivity index (χ3v) is 5.93. The Morgan fingerprint density at radius 3 is 2.74 bits per heavy atom. The maximum atomic E-state index is 12.3. The fourth-order valence-corrected chi connectivity index (χ4v) is 4.02. The van der Waals surface area contributed by atoms with Crippen LogP contribution >= 0.6 is 0 Å². The highest BCUT2D eigenvalue weighted by atomic mass is 16.5. The maximum Gasteiger partial charge on any atom is 0.226 e. The second-order valence-electron chi connectivity index (χ2n) is 8.30. The molecule has 1 fully saturated rings. The van der Waals surface area contributed by atoms with Crippen molar-refractivity contribution in [3.63, 3.8) is 0 Å². The number of morpholine rings is 1. The lowest BCUT2D eigenvalue weighted by Gasteiger charge is -2.35. The molecule has 0 bridgehead atoms. The van der Waals surface area contributed by atoms with Gasteiger partial charge >= 0.3 is 0 Å². The maximum absolute atomic E-state index is 12.3. The Morgan fingerprint density at radius 2 is 2.06 bits per heavy atom. The zero-order chi connectivity index (χ0) is 23.9. The Kier molecular flexibility index (Phi) is 7.41. The fraction of sp³-hybridized carbons (Fsp3) is 0.296. The van der Waals surface area contributed by atoms with E-state index in [2.05, 4.69) is 46.4 Å². The number of nitriles is 1. The van der Waals surface area contributed by atoms with Crippen LogP contribution in [0, 0.1) is 11.3 Å². The van der Waals surface area contributed by atoms with Gasteiger partial charge in [-0.15, -0.1) is 0 Å². The number of carbonyl (C=O) groups excluding carboxylic acids is 1. The Hall–Kier alpha value is -3.89. The molecule has 7 nitrogen and oxygen atoms in total. The number of benzene rings is 2. The largest absolute Gasteiger partial charge is 0.496 e.